The van der Waals surface area contributed by atoms with Crippen LogP contribution in [0.4, 0.5) is 5.69 Å². The summed E-state index contributed by atoms with van der Waals surface area (Å²) < 4.78 is 5.46. The molecule has 1 aliphatic heterocycles. The summed E-state index contributed by atoms with van der Waals surface area (Å²) in [5.41, 5.74) is 2.31. The Labute approximate surface area is 126 Å². The number of nitrogens with zero attached hydrogens (tertiary/aromatic N) is 1. The lowest BCUT2D eigenvalue weighted by Gasteiger charge is -2.38. The van der Waals surface area contributed by atoms with Crippen molar-refractivity contribution in [3.8, 4) is 0 Å². The van der Waals surface area contributed by atoms with Crippen LogP contribution in [0.25, 0.3) is 0 Å². The highest BCUT2D eigenvalue weighted by molar-refractivity contribution is 5.91. The van der Waals surface area contributed by atoms with E-state index < -0.39 is 5.97 Å². The third-order valence-electron chi connectivity index (χ3n) is 4.04. The van der Waals surface area contributed by atoms with Gasteiger partial charge in [0.2, 0.25) is 0 Å². The number of benzene rings is 1. The fourth-order valence-corrected chi connectivity index (χ4v) is 3.00. The van der Waals surface area contributed by atoms with Crippen LogP contribution in [-0.4, -0.2) is 36.9 Å². The second-order valence-electron chi connectivity index (χ2n) is 6.14. The average molecular weight is 291 g/mol. The predicted octanol–water partition coefficient (Wildman–Crippen LogP) is 3.33. The molecule has 1 aromatic carbocycles. The lowest BCUT2D eigenvalue weighted by molar-refractivity contribution is 0.0695. The van der Waals surface area contributed by atoms with Crippen LogP contribution in [0.3, 0.4) is 0 Å². The number of rotatable bonds is 5. The van der Waals surface area contributed by atoms with Gasteiger partial charge in [-0.3, -0.25) is 0 Å². The zero-order valence-corrected chi connectivity index (χ0v) is 13.1. The van der Waals surface area contributed by atoms with Crippen molar-refractivity contribution in [2.45, 2.75) is 39.7 Å². The van der Waals surface area contributed by atoms with Crippen molar-refractivity contribution in [1.29, 1.82) is 0 Å². The number of anilines is 1. The topological polar surface area (TPSA) is 49.8 Å². The van der Waals surface area contributed by atoms with Crippen LogP contribution in [-0.2, 0) is 4.74 Å². The zero-order chi connectivity index (χ0) is 15.4. The quantitative estimate of drug-likeness (QED) is 0.904. The molecule has 2 rings (SSSR count). The van der Waals surface area contributed by atoms with Crippen molar-refractivity contribution in [3.63, 3.8) is 0 Å². The normalized spacial score (nSPS) is 16.2. The number of carbonyl (C=O) groups is 1. The summed E-state index contributed by atoms with van der Waals surface area (Å²) in [6.07, 6.45) is 2.01. The molecule has 1 aliphatic rings. The highest BCUT2D eigenvalue weighted by Gasteiger charge is 2.24. The van der Waals surface area contributed by atoms with Gasteiger partial charge in [0.15, 0.2) is 0 Å². The van der Waals surface area contributed by atoms with Crippen molar-refractivity contribution in [1.82, 2.24) is 0 Å². The number of carboxylic acid groups (broad SMARTS) is 1. The van der Waals surface area contributed by atoms with Crippen molar-refractivity contribution in [2.24, 2.45) is 5.92 Å². The molecule has 1 heterocycles. The molecule has 0 bridgehead atoms. The van der Waals surface area contributed by atoms with E-state index in [2.05, 4.69) is 18.7 Å². The van der Waals surface area contributed by atoms with Crippen LogP contribution >= 0.6 is 0 Å². The van der Waals surface area contributed by atoms with Crippen LogP contribution in [0.1, 0.15) is 42.6 Å². The maximum Gasteiger partial charge on any atom is 0.336 e. The molecule has 1 saturated heterocycles. The van der Waals surface area contributed by atoms with Gasteiger partial charge in [0.1, 0.15) is 0 Å². The Kier molecular flexibility index (Phi) is 5.23. The first-order valence-corrected chi connectivity index (χ1v) is 7.68. The fraction of sp³-hybridized carbons (Fsp3) is 0.588. The Morgan fingerprint density at radius 1 is 1.38 bits per heavy atom. The zero-order valence-electron chi connectivity index (χ0n) is 13.1. The van der Waals surface area contributed by atoms with Crippen molar-refractivity contribution < 1.29 is 14.6 Å². The lowest BCUT2D eigenvalue weighted by atomic mass is 10.00. The van der Waals surface area contributed by atoms with Gasteiger partial charge >= 0.3 is 5.97 Å². The summed E-state index contributed by atoms with van der Waals surface area (Å²) in [7, 11) is 0. The van der Waals surface area contributed by atoms with Gasteiger partial charge in [0.25, 0.3) is 0 Å². The highest BCUT2D eigenvalue weighted by Crippen LogP contribution is 2.29. The molecule has 116 valence electrons. The summed E-state index contributed by atoms with van der Waals surface area (Å²) >= 11 is 0. The smallest absolute Gasteiger partial charge is 0.336 e. The molecule has 0 unspecified atom stereocenters. The highest BCUT2D eigenvalue weighted by atomic mass is 16.5. The Balaban J connectivity index is 2.35. The van der Waals surface area contributed by atoms with Gasteiger partial charge < -0.3 is 14.7 Å². The SMILES string of the molecule is Cc1c(C(=O)O)cccc1N(CC(C)C)C1CCOCC1. The average Bonchev–Trinajstić information content (AvgIpc) is 2.46. The summed E-state index contributed by atoms with van der Waals surface area (Å²) in [5.74, 6) is -0.327. The predicted molar refractivity (Wildman–Crippen MR) is 84.2 cm³/mol. The molecule has 1 fully saturated rings. The van der Waals surface area contributed by atoms with Gasteiger partial charge in [-0.05, 0) is 43.4 Å². The summed E-state index contributed by atoms with van der Waals surface area (Å²) in [4.78, 5) is 13.7. The minimum absolute atomic E-state index is 0.397. The van der Waals surface area contributed by atoms with Gasteiger partial charge in [0, 0.05) is 31.5 Å². The van der Waals surface area contributed by atoms with Gasteiger partial charge in [-0.2, -0.15) is 0 Å². The molecule has 4 nitrogen and oxygen atoms in total. The minimum Gasteiger partial charge on any atom is -0.478 e. The Morgan fingerprint density at radius 2 is 2.05 bits per heavy atom. The van der Waals surface area contributed by atoms with Gasteiger partial charge in [-0.25, -0.2) is 4.79 Å². The van der Waals surface area contributed by atoms with E-state index in [4.69, 9.17) is 4.74 Å². The first-order chi connectivity index (χ1) is 10.0. The van der Waals surface area contributed by atoms with E-state index in [9.17, 15) is 9.90 Å². The number of hydrogen-bond donors (Lipinski definition) is 1. The Morgan fingerprint density at radius 3 is 2.62 bits per heavy atom. The summed E-state index contributed by atoms with van der Waals surface area (Å²) in [6, 6.07) is 6.00. The second kappa shape index (κ2) is 6.94. The van der Waals surface area contributed by atoms with E-state index in [1.165, 1.54) is 0 Å². The maximum atomic E-state index is 11.4. The van der Waals surface area contributed by atoms with E-state index >= 15 is 0 Å². The number of hydrogen-bond acceptors (Lipinski definition) is 3. The molecule has 4 heteroatoms. The molecular weight excluding hydrogens is 266 g/mol. The molecule has 0 aliphatic carbocycles. The van der Waals surface area contributed by atoms with Crippen molar-refractivity contribution in [2.75, 3.05) is 24.7 Å². The minimum atomic E-state index is -0.856. The van der Waals surface area contributed by atoms with Gasteiger partial charge in [0.05, 0.1) is 5.56 Å². The monoisotopic (exact) mass is 291 g/mol. The summed E-state index contributed by atoms with van der Waals surface area (Å²) in [6.45, 7) is 8.82. The molecule has 0 spiro atoms. The summed E-state index contributed by atoms with van der Waals surface area (Å²) in [5, 5.41) is 9.33. The van der Waals surface area contributed by atoms with E-state index in [1.54, 1.807) is 6.07 Å². The van der Waals surface area contributed by atoms with Crippen LogP contribution in [0.5, 0.6) is 0 Å². The largest absolute Gasteiger partial charge is 0.478 e. The van der Waals surface area contributed by atoms with Crippen LogP contribution < -0.4 is 4.90 Å². The van der Waals surface area contributed by atoms with E-state index in [1.807, 2.05) is 19.1 Å². The van der Waals surface area contributed by atoms with E-state index in [-0.39, 0.29) is 0 Å². The molecule has 21 heavy (non-hydrogen) atoms. The third kappa shape index (κ3) is 3.76. The van der Waals surface area contributed by atoms with Crippen molar-refractivity contribution in [3.05, 3.63) is 29.3 Å². The van der Waals surface area contributed by atoms with Gasteiger partial charge in [-0.1, -0.05) is 19.9 Å². The maximum absolute atomic E-state index is 11.4. The molecular formula is C17H25NO3. The Hall–Kier alpha value is -1.55. The lowest BCUT2D eigenvalue weighted by Crippen LogP contribution is -2.42. The standard InChI is InChI=1S/C17H25NO3/c1-12(2)11-18(14-7-9-21-10-8-14)16-6-4-5-15(13(16)3)17(19)20/h4-6,12,14H,7-11H2,1-3H3,(H,19,20). The van der Waals surface area contributed by atoms with Crippen LogP contribution in [0.2, 0.25) is 0 Å². The Bertz CT molecular complexity index is 493. The van der Waals surface area contributed by atoms with E-state index in [0.717, 1.165) is 43.9 Å². The van der Waals surface area contributed by atoms with Crippen molar-refractivity contribution >= 4 is 11.7 Å². The third-order valence-corrected chi connectivity index (χ3v) is 4.04. The number of aromatic carboxylic acids is 1. The fourth-order valence-electron chi connectivity index (χ4n) is 3.00. The van der Waals surface area contributed by atoms with E-state index in [0.29, 0.717) is 17.5 Å². The molecule has 0 atom stereocenters. The van der Waals surface area contributed by atoms with Gasteiger partial charge in [-0.15, -0.1) is 0 Å². The molecule has 0 aromatic heterocycles. The molecule has 1 aromatic rings. The molecule has 0 radical (unpaired) electrons. The molecule has 1 N–H and O–H groups in total. The number of ether oxygens (including phenoxy) is 1. The van der Waals surface area contributed by atoms with Crippen LogP contribution in [0, 0.1) is 12.8 Å². The molecule has 0 amide bonds. The molecule has 0 saturated carbocycles. The number of carboxylic acids is 1. The van der Waals surface area contributed by atoms with Crippen LogP contribution in [0.15, 0.2) is 18.2 Å². The first kappa shape index (κ1) is 15.8. The second-order valence-corrected chi connectivity index (χ2v) is 6.14. The first-order valence-electron chi connectivity index (χ1n) is 7.68.